The number of hydrogen-bond donors (Lipinski definition) is 2. The second-order valence-electron chi connectivity index (χ2n) is 7.80. The molecule has 3 heterocycles. The van der Waals surface area contributed by atoms with Gasteiger partial charge in [0.2, 0.25) is 0 Å². The number of fused-ring (bicyclic) bond motifs is 2. The number of nitrogens with one attached hydrogen (secondary N) is 2. The summed E-state index contributed by atoms with van der Waals surface area (Å²) in [5, 5.41) is 17.3. The predicted molar refractivity (Wildman–Crippen MR) is 121 cm³/mol. The Balaban J connectivity index is 1.52. The van der Waals surface area contributed by atoms with Crippen molar-refractivity contribution in [3.63, 3.8) is 0 Å². The van der Waals surface area contributed by atoms with Crippen LogP contribution in [0.25, 0.3) is 21.8 Å². The molecule has 160 valence electrons. The number of aromatic nitrogens is 4. The predicted octanol–water partition coefficient (Wildman–Crippen LogP) is 2.13. The van der Waals surface area contributed by atoms with Gasteiger partial charge in [0.25, 0.3) is 5.91 Å². The van der Waals surface area contributed by atoms with Gasteiger partial charge in [0.15, 0.2) is 0 Å². The van der Waals surface area contributed by atoms with E-state index in [0.29, 0.717) is 17.0 Å². The highest BCUT2D eigenvalue weighted by Crippen LogP contribution is 2.33. The summed E-state index contributed by atoms with van der Waals surface area (Å²) in [6.07, 6.45) is 3.88. The highest BCUT2D eigenvalue weighted by molar-refractivity contribution is 6.12. The first-order valence-electron chi connectivity index (χ1n) is 10.3. The quantitative estimate of drug-likeness (QED) is 0.527. The highest BCUT2D eigenvalue weighted by atomic mass is 16.5. The zero-order valence-electron chi connectivity index (χ0n) is 17.8. The molecule has 0 bridgehead atoms. The fourth-order valence-corrected chi connectivity index (χ4v) is 4.20. The molecular formula is C22H25N7O2. The topological polar surface area (TPSA) is 89.2 Å². The number of nitrogens with zero attached hydrogens (tertiary/aromatic N) is 5. The number of amides is 1. The van der Waals surface area contributed by atoms with Crippen molar-refractivity contribution in [3.8, 4) is 5.75 Å². The number of ether oxygens (including phenoxy) is 1. The van der Waals surface area contributed by atoms with Gasteiger partial charge in [-0.15, -0.1) is 0 Å². The molecule has 1 saturated heterocycles. The van der Waals surface area contributed by atoms with Crippen molar-refractivity contribution < 1.29 is 9.53 Å². The molecule has 0 spiro atoms. The molecular weight excluding hydrogens is 394 g/mol. The van der Waals surface area contributed by atoms with Gasteiger partial charge in [0, 0.05) is 75.2 Å². The molecule has 0 aliphatic carbocycles. The Hall–Kier alpha value is -3.59. The molecule has 0 atom stereocenters. The maximum atomic E-state index is 13.2. The summed E-state index contributed by atoms with van der Waals surface area (Å²) in [4.78, 5) is 15.6. The lowest BCUT2D eigenvalue weighted by Gasteiger charge is -2.30. The molecule has 2 aromatic carbocycles. The number of rotatable bonds is 4. The number of aryl methyl sites for hydroxylation is 2. The molecule has 9 nitrogen and oxygen atoms in total. The van der Waals surface area contributed by atoms with Crippen LogP contribution < -0.4 is 20.3 Å². The molecule has 0 radical (unpaired) electrons. The zero-order chi connectivity index (χ0) is 21.5. The number of carbonyl (C=O) groups excluding carboxylic acids is 1. The molecule has 0 saturated carbocycles. The Morgan fingerprint density at radius 3 is 2.65 bits per heavy atom. The van der Waals surface area contributed by atoms with E-state index in [1.807, 2.05) is 32.6 Å². The largest absolute Gasteiger partial charge is 0.496 e. The third-order valence-corrected chi connectivity index (χ3v) is 5.66. The molecule has 1 aliphatic rings. The SMILES string of the molecule is COc1cc2nn(C)cc2cc1C(=O)Nc1ccc(N2CCNCC2)c2cn(C)nc12. The van der Waals surface area contributed by atoms with Gasteiger partial charge in [-0.3, -0.25) is 14.2 Å². The van der Waals surface area contributed by atoms with Crippen LogP contribution >= 0.6 is 0 Å². The third-order valence-electron chi connectivity index (χ3n) is 5.66. The van der Waals surface area contributed by atoms with E-state index in [-0.39, 0.29) is 5.91 Å². The Morgan fingerprint density at radius 2 is 1.87 bits per heavy atom. The molecule has 31 heavy (non-hydrogen) atoms. The first kappa shape index (κ1) is 19.4. The standard InChI is InChI=1S/C22H25N7O2/c1-27-12-14-10-15(20(31-3)11-18(14)25-27)22(30)24-17-4-5-19(29-8-6-23-7-9-29)16-13-28(2)26-21(16)17/h4-5,10-13,23H,6-9H2,1-3H3,(H,24,30). The van der Waals surface area contributed by atoms with Crippen LogP contribution in [0.1, 0.15) is 10.4 Å². The van der Waals surface area contributed by atoms with E-state index in [1.54, 1.807) is 28.6 Å². The summed E-state index contributed by atoms with van der Waals surface area (Å²) in [6.45, 7) is 3.80. The van der Waals surface area contributed by atoms with Gasteiger partial charge < -0.3 is 20.3 Å². The van der Waals surface area contributed by atoms with Crippen molar-refractivity contribution in [2.24, 2.45) is 14.1 Å². The summed E-state index contributed by atoms with van der Waals surface area (Å²) >= 11 is 0. The molecule has 9 heteroatoms. The molecule has 1 fully saturated rings. The number of hydrogen-bond acceptors (Lipinski definition) is 6. The van der Waals surface area contributed by atoms with Gasteiger partial charge in [-0.25, -0.2) is 0 Å². The molecule has 1 aliphatic heterocycles. The molecule has 4 aromatic rings. The van der Waals surface area contributed by atoms with Crippen molar-refractivity contribution >= 4 is 39.1 Å². The van der Waals surface area contributed by atoms with E-state index < -0.39 is 0 Å². The maximum Gasteiger partial charge on any atom is 0.259 e. The smallest absolute Gasteiger partial charge is 0.259 e. The number of benzene rings is 2. The summed E-state index contributed by atoms with van der Waals surface area (Å²) in [7, 11) is 5.30. The minimum atomic E-state index is -0.246. The average molecular weight is 419 g/mol. The van der Waals surface area contributed by atoms with Crippen LogP contribution in [0.2, 0.25) is 0 Å². The minimum Gasteiger partial charge on any atom is -0.496 e. The van der Waals surface area contributed by atoms with Crippen LogP contribution in [0.15, 0.2) is 36.7 Å². The lowest BCUT2D eigenvalue weighted by Crippen LogP contribution is -2.43. The molecule has 2 aromatic heterocycles. The lowest BCUT2D eigenvalue weighted by atomic mass is 10.1. The maximum absolute atomic E-state index is 13.2. The van der Waals surface area contributed by atoms with Crippen LogP contribution in [0.5, 0.6) is 5.75 Å². The molecule has 0 unspecified atom stereocenters. The van der Waals surface area contributed by atoms with Crippen molar-refractivity contribution in [1.29, 1.82) is 0 Å². The minimum absolute atomic E-state index is 0.246. The van der Waals surface area contributed by atoms with Gasteiger partial charge >= 0.3 is 0 Å². The molecule has 2 N–H and O–H groups in total. The zero-order valence-corrected chi connectivity index (χ0v) is 17.8. The number of anilines is 2. The molecule has 5 rings (SSSR count). The van der Waals surface area contributed by atoms with Crippen LogP contribution in [0, 0.1) is 0 Å². The van der Waals surface area contributed by atoms with E-state index in [4.69, 9.17) is 4.74 Å². The van der Waals surface area contributed by atoms with E-state index >= 15 is 0 Å². The van der Waals surface area contributed by atoms with Gasteiger partial charge in [0.1, 0.15) is 11.3 Å². The van der Waals surface area contributed by atoms with Gasteiger partial charge in [-0.2, -0.15) is 10.2 Å². The Bertz CT molecular complexity index is 1280. The van der Waals surface area contributed by atoms with Gasteiger partial charge in [0.05, 0.1) is 23.9 Å². The van der Waals surface area contributed by atoms with Crippen LogP contribution in [-0.2, 0) is 14.1 Å². The number of piperazine rings is 1. The monoisotopic (exact) mass is 419 g/mol. The Morgan fingerprint density at radius 1 is 1.10 bits per heavy atom. The van der Waals surface area contributed by atoms with Crippen molar-refractivity contribution in [1.82, 2.24) is 24.9 Å². The van der Waals surface area contributed by atoms with Gasteiger partial charge in [-0.1, -0.05) is 0 Å². The number of carbonyl (C=O) groups is 1. The van der Waals surface area contributed by atoms with E-state index in [0.717, 1.165) is 53.7 Å². The molecule has 1 amide bonds. The summed E-state index contributed by atoms with van der Waals surface area (Å²) in [5.74, 6) is 0.239. The fraction of sp³-hybridized carbons (Fsp3) is 0.318. The fourth-order valence-electron chi connectivity index (χ4n) is 4.20. The van der Waals surface area contributed by atoms with Crippen molar-refractivity contribution in [3.05, 3.63) is 42.2 Å². The number of methoxy groups -OCH3 is 1. The van der Waals surface area contributed by atoms with Crippen LogP contribution in [0.4, 0.5) is 11.4 Å². The normalized spacial score (nSPS) is 14.4. The van der Waals surface area contributed by atoms with E-state index in [1.165, 1.54) is 0 Å². The third kappa shape index (κ3) is 3.46. The van der Waals surface area contributed by atoms with Crippen LogP contribution in [0.3, 0.4) is 0 Å². The lowest BCUT2D eigenvalue weighted by molar-refractivity contribution is 0.102. The summed E-state index contributed by atoms with van der Waals surface area (Å²) < 4.78 is 8.98. The second-order valence-corrected chi connectivity index (χ2v) is 7.80. The summed E-state index contributed by atoms with van der Waals surface area (Å²) in [5.41, 5.74) is 3.82. The first-order valence-corrected chi connectivity index (χ1v) is 10.3. The van der Waals surface area contributed by atoms with E-state index in [2.05, 4.69) is 31.8 Å². The first-order chi connectivity index (χ1) is 15.0. The van der Waals surface area contributed by atoms with Crippen LogP contribution in [-0.4, -0.2) is 58.8 Å². The Labute approximate surface area is 179 Å². The average Bonchev–Trinajstić information content (AvgIpc) is 3.34. The van der Waals surface area contributed by atoms with E-state index in [9.17, 15) is 4.79 Å². The summed E-state index contributed by atoms with van der Waals surface area (Å²) in [6, 6.07) is 7.58. The second kappa shape index (κ2) is 7.59. The van der Waals surface area contributed by atoms with Crippen molar-refractivity contribution in [2.45, 2.75) is 0 Å². The highest BCUT2D eigenvalue weighted by Gasteiger charge is 2.20. The Kier molecular flexibility index (Phi) is 4.74. The van der Waals surface area contributed by atoms with Crippen molar-refractivity contribution in [2.75, 3.05) is 43.5 Å². The van der Waals surface area contributed by atoms with Gasteiger partial charge in [-0.05, 0) is 18.2 Å².